The summed E-state index contributed by atoms with van der Waals surface area (Å²) in [7, 11) is 0. The minimum atomic E-state index is -0.255. The van der Waals surface area contributed by atoms with Crippen molar-refractivity contribution in [2.24, 2.45) is 0 Å². The largest absolute Gasteiger partial charge is 2.00 e. The van der Waals surface area contributed by atoms with Crippen molar-refractivity contribution >= 4 is 12.4 Å². The van der Waals surface area contributed by atoms with Gasteiger partial charge < -0.3 is 21.6 Å². The summed E-state index contributed by atoms with van der Waals surface area (Å²) < 4.78 is 1.89. The third-order valence-electron chi connectivity index (χ3n) is 3.33. The van der Waals surface area contributed by atoms with Crippen LogP contribution in [0.25, 0.3) is 6.08 Å². The number of carbonyl (C=O) groups excluding carboxylic acids is 1. The van der Waals surface area contributed by atoms with Crippen molar-refractivity contribution in [3.8, 4) is 0 Å². The number of hydrogen-bond donors (Lipinski definition) is 0. The second-order valence-corrected chi connectivity index (χ2v) is 4.78. The van der Waals surface area contributed by atoms with Crippen LogP contribution >= 0.6 is 0 Å². The summed E-state index contributed by atoms with van der Waals surface area (Å²) in [6, 6.07) is 0. The van der Waals surface area contributed by atoms with E-state index in [0.29, 0.717) is 12.1 Å². The average Bonchev–Trinajstić information content (AvgIpc) is 2.49. The molecule has 0 aliphatic rings. The van der Waals surface area contributed by atoms with Gasteiger partial charge in [0.2, 0.25) is 0 Å². The Labute approximate surface area is 165 Å². The minimum absolute atomic E-state index is 0. The molecule has 0 aliphatic carbocycles. The van der Waals surface area contributed by atoms with E-state index in [4.69, 9.17) is 0 Å². The van der Waals surface area contributed by atoms with Gasteiger partial charge in [-0.2, -0.15) is 0 Å². The number of rotatable bonds is 4. The van der Waals surface area contributed by atoms with Crippen LogP contribution in [0, 0.1) is 45.5 Å². The van der Waals surface area contributed by atoms with E-state index >= 15 is 0 Å². The number of aromatic nitrogens is 1. The first kappa shape index (κ1) is 27.0. The summed E-state index contributed by atoms with van der Waals surface area (Å²) >= 11 is 0. The minimum Gasteiger partial charge on any atom is -0.405 e. The Hall–Kier alpha value is -0.848. The summed E-state index contributed by atoms with van der Waals surface area (Å²) in [6.07, 6.45) is 6.98. The molecule has 0 aliphatic heterocycles. The molecule has 0 N–H and O–H groups in total. The topological polar surface area (TPSA) is 39.1 Å². The van der Waals surface area contributed by atoms with Crippen LogP contribution in [0.1, 0.15) is 58.4 Å². The smallest absolute Gasteiger partial charge is 0.405 e. The van der Waals surface area contributed by atoms with Crippen molar-refractivity contribution in [2.75, 3.05) is 0 Å². The third-order valence-corrected chi connectivity index (χ3v) is 3.33. The third kappa shape index (κ3) is 7.51. The predicted molar refractivity (Wildman–Crippen MR) is 96.8 cm³/mol. The Morgan fingerprint density at radius 2 is 1.78 bits per heavy atom. The SMILES string of the molecule is CC.CCn1cc([C-]=O)c(=O)c(/C=C\C(C)=C(C)C)c1C.[CH3-].[U+2]. The molecular weight excluding hydrogens is 512 g/mol. The van der Waals surface area contributed by atoms with E-state index in [9.17, 15) is 9.59 Å². The number of aryl methyl sites for hydroxylation is 1. The maximum absolute atomic E-state index is 12.1. The summed E-state index contributed by atoms with van der Waals surface area (Å²) in [6.45, 7) is 14.6. The van der Waals surface area contributed by atoms with Crippen molar-refractivity contribution in [3.05, 3.63) is 57.9 Å². The fraction of sp³-hybridized carbons (Fsp3) is 0.421. The number of allylic oxidation sites excluding steroid dienone is 3. The van der Waals surface area contributed by atoms with E-state index in [-0.39, 0.29) is 49.5 Å². The molecule has 0 aromatic carbocycles. The summed E-state index contributed by atoms with van der Waals surface area (Å²) in [5, 5.41) is 0. The van der Waals surface area contributed by atoms with E-state index in [1.807, 2.05) is 59.1 Å². The molecule has 0 saturated heterocycles. The van der Waals surface area contributed by atoms with Crippen LogP contribution in [0.3, 0.4) is 0 Å². The maximum atomic E-state index is 12.1. The van der Waals surface area contributed by atoms with Gasteiger partial charge in [-0.15, -0.1) is 0 Å². The predicted octanol–water partition coefficient (Wildman–Crippen LogP) is 4.48. The molecule has 0 spiro atoms. The fourth-order valence-electron chi connectivity index (χ4n) is 1.75. The van der Waals surface area contributed by atoms with Crippen LogP contribution in [0.15, 0.2) is 28.2 Å². The first-order valence-corrected chi connectivity index (χ1v) is 7.36. The zero-order valence-corrected chi connectivity index (χ0v) is 19.9. The molecule has 0 radical (unpaired) electrons. The van der Waals surface area contributed by atoms with E-state index < -0.39 is 0 Å². The quantitative estimate of drug-likeness (QED) is 0.417. The first-order chi connectivity index (χ1) is 9.92. The average molecular weight is 541 g/mol. The Balaban J connectivity index is -0.000000960. The van der Waals surface area contributed by atoms with Crippen LogP contribution in [-0.4, -0.2) is 10.9 Å². The molecular formula is C19H29NO2U. The second-order valence-electron chi connectivity index (χ2n) is 4.78. The second kappa shape index (κ2) is 13.6. The van der Waals surface area contributed by atoms with Gasteiger partial charge in [0.1, 0.15) is 0 Å². The Kier molecular flexibility index (Phi) is 16.0. The molecule has 0 bridgehead atoms. The zero-order valence-electron chi connectivity index (χ0n) is 15.7. The Morgan fingerprint density at radius 3 is 2.17 bits per heavy atom. The van der Waals surface area contributed by atoms with Crippen molar-refractivity contribution in [1.82, 2.24) is 4.57 Å². The maximum Gasteiger partial charge on any atom is 2.00 e. The van der Waals surface area contributed by atoms with Crippen LogP contribution in [0.4, 0.5) is 0 Å². The normalized spacial score (nSPS) is 9.17. The van der Waals surface area contributed by atoms with Crippen LogP contribution in [0.5, 0.6) is 0 Å². The van der Waals surface area contributed by atoms with Crippen molar-refractivity contribution in [2.45, 2.75) is 55.0 Å². The molecule has 1 aromatic heterocycles. The van der Waals surface area contributed by atoms with Crippen LogP contribution in [-0.2, 0) is 11.3 Å². The monoisotopic (exact) mass is 541 g/mol. The van der Waals surface area contributed by atoms with Gasteiger partial charge in [0.15, 0.2) is 0 Å². The molecule has 0 fully saturated rings. The van der Waals surface area contributed by atoms with Gasteiger partial charge in [0.25, 0.3) is 0 Å². The molecule has 1 heterocycles. The molecule has 1 rings (SSSR count). The molecule has 0 saturated carbocycles. The molecule has 4 heteroatoms. The number of hydrogen-bond acceptors (Lipinski definition) is 2. The van der Waals surface area contributed by atoms with E-state index in [1.165, 1.54) is 5.57 Å². The van der Waals surface area contributed by atoms with Crippen molar-refractivity contribution < 1.29 is 35.9 Å². The standard InChI is InChI=1S/C16H20NO2.C2H6.CH3.U/c1-6-17-9-14(10-18)16(19)15(13(17)5)8-7-12(4)11(2)3;1-2;;/h7-9H,6H2,1-5H3;1-2H3;1H3;/q-1;;-1;+2/b8-7-;;;. The zero-order chi connectivity index (χ0) is 16.6. The van der Waals surface area contributed by atoms with E-state index in [1.54, 1.807) is 18.6 Å². The van der Waals surface area contributed by atoms with Gasteiger partial charge in [-0.25, -0.2) is 0 Å². The first-order valence-electron chi connectivity index (χ1n) is 7.36. The molecule has 126 valence electrons. The molecule has 0 unspecified atom stereocenters. The van der Waals surface area contributed by atoms with Gasteiger partial charge in [0, 0.05) is 12.2 Å². The molecule has 0 amide bonds. The molecule has 1 aromatic rings. The van der Waals surface area contributed by atoms with Gasteiger partial charge >= 0.3 is 31.1 Å². The van der Waals surface area contributed by atoms with Gasteiger partial charge in [-0.1, -0.05) is 48.9 Å². The molecule has 0 atom stereocenters. The van der Waals surface area contributed by atoms with Crippen LogP contribution < -0.4 is 5.43 Å². The van der Waals surface area contributed by atoms with Crippen molar-refractivity contribution in [3.63, 3.8) is 0 Å². The van der Waals surface area contributed by atoms with Gasteiger partial charge in [-0.3, -0.25) is 0 Å². The van der Waals surface area contributed by atoms with Gasteiger partial charge in [-0.05, 0) is 40.2 Å². The Bertz CT molecular complexity index is 607. The number of pyridine rings is 1. The Morgan fingerprint density at radius 1 is 1.26 bits per heavy atom. The fourth-order valence-corrected chi connectivity index (χ4v) is 1.75. The van der Waals surface area contributed by atoms with E-state index in [0.717, 1.165) is 11.3 Å². The van der Waals surface area contributed by atoms with E-state index in [2.05, 4.69) is 0 Å². The van der Waals surface area contributed by atoms with Crippen LogP contribution in [0.2, 0.25) is 0 Å². The molecule has 3 nitrogen and oxygen atoms in total. The summed E-state index contributed by atoms with van der Waals surface area (Å²) in [5.74, 6) is 0. The summed E-state index contributed by atoms with van der Waals surface area (Å²) in [5.41, 5.74) is 3.56. The molecule has 23 heavy (non-hydrogen) atoms. The van der Waals surface area contributed by atoms with Gasteiger partial charge in [0.05, 0.1) is 11.7 Å². The van der Waals surface area contributed by atoms with Crippen molar-refractivity contribution in [1.29, 1.82) is 0 Å². The summed E-state index contributed by atoms with van der Waals surface area (Å²) in [4.78, 5) is 23.0. The number of nitrogens with zero attached hydrogens (tertiary/aromatic N) is 1.